The molecule has 1 saturated heterocycles. The molecule has 176 valence electrons. The summed E-state index contributed by atoms with van der Waals surface area (Å²) < 4.78 is 35.6. The average molecular weight is 463 g/mol. The number of rotatable bonds is 6. The van der Waals surface area contributed by atoms with Gasteiger partial charge in [0.1, 0.15) is 18.5 Å². The number of nitrogens with one attached hydrogen (secondary N) is 1. The molecule has 0 amide bonds. The van der Waals surface area contributed by atoms with Gasteiger partial charge in [-0.1, -0.05) is 12.1 Å². The zero-order chi connectivity index (χ0) is 24.3. The van der Waals surface area contributed by atoms with E-state index in [2.05, 4.69) is 4.98 Å². The lowest BCUT2D eigenvalue weighted by Crippen LogP contribution is -2.42. The highest BCUT2D eigenvalue weighted by Gasteiger charge is 2.51. The minimum absolute atomic E-state index is 0.00671. The molecule has 1 aliphatic rings. The second-order valence-electron chi connectivity index (χ2n) is 7.23. The molecule has 1 fully saturated rings. The van der Waals surface area contributed by atoms with Gasteiger partial charge in [-0.25, -0.2) is 9.18 Å². The third-order valence-electron chi connectivity index (χ3n) is 4.74. The first-order valence-electron chi connectivity index (χ1n) is 9.81. The Morgan fingerprint density at radius 1 is 1.00 bits per heavy atom. The summed E-state index contributed by atoms with van der Waals surface area (Å²) in [4.78, 5) is 61.8. The van der Waals surface area contributed by atoms with Crippen molar-refractivity contribution in [2.75, 3.05) is 6.61 Å². The summed E-state index contributed by atoms with van der Waals surface area (Å²) in [5.74, 6) is -2.63. The van der Waals surface area contributed by atoms with Crippen LogP contribution in [-0.4, -0.2) is 52.4 Å². The van der Waals surface area contributed by atoms with Gasteiger partial charge in [0.15, 0.2) is 18.4 Å². The lowest BCUT2D eigenvalue weighted by atomic mass is 10.1. The van der Waals surface area contributed by atoms with E-state index in [1.54, 1.807) is 0 Å². The zero-order valence-corrected chi connectivity index (χ0v) is 17.9. The van der Waals surface area contributed by atoms with E-state index in [4.69, 9.17) is 18.9 Å². The molecule has 1 N–H and O–H groups in total. The summed E-state index contributed by atoms with van der Waals surface area (Å²) in [6, 6.07) is 4.98. The van der Waals surface area contributed by atoms with Gasteiger partial charge in [-0.3, -0.25) is 28.7 Å². The highest BCUT2D eigenvalue weighted by Crippen LogP contribution is 2.34. The fraction of sp³-hybridized carbons (Fsp3) is 0.381. The predicted octanol–water partition coefficient (Wildman–Crippen LogP) is 0.667. The zero-order valence-electron chi connectivity index (χ0n) is 17.9. The van der Waals surface area contributed by atoms with E-state index in [0.29, 0.717) is 5.56 Å². The molecule has 11 nitrogen and oxygen atoms in total. The average Bonchev–Trinajstić information content (AvgIpc) is 3.03. The second-order valence-corrected chi connectivity index (χ2v) is 7.23. The number of benzene rings is 1. The van der Waals surface area contributed by atoms with Crippen LogP contribution in [0.25, 0.3) is 11.1 Å². The summed E-state index contributed by atoms with van der Waals surface area (Å²) in [7, 11) is 0. The number of H-pyrrole nitrogens is 1. The number of carbonyl (C=O) groups is 3. The van der Waals surface area contributed by atoms with Crippen LogP contribution in [0.1, 0.15) is 27.0 Å². The van der Waals surface area contributed by atoms with Gasteiger partial charge in [0.2, 0.25) is 0 Å². The van der Waals surface area contributed by atoms with Crippen molar-refractivity contribution < 1.29 is 37.7 Å². The van der Waals surface area contributed by atoms with Crippen molar-refractivity contribution in [1.29, 1.82) is 0 Å². The van der Waals surface area contributed by atoms with Crippen molar-refractivity contribution in [2.24, 2.45) is 0 Å². The maximum atomic E-state index is 13.3. The Bertz CT molecular complexity index is 1170. The molecular weight excluding hydrogens is 442 g/mol. The largest absolute Gasteiger partial charge is 0.463 e. The topological polar surface area (TPSA) is 143 Å². The van der Waals surface area contributed by atoms with Crippen LogP contribution in [0, 0.1) is 5.82 Å². The molecule has 3 rings (SSSR count). The van der Waals surface area contributed by atoms with Gasteiger partial charge in [-0.2, -0.15) is 0 Å². The Morgan fingerprint density at radius 3 is 2.18 bits per heavy atom. The van der Waals surface area contributed by atoms with Crippen molar-refractivity contribution in [1.82, 2.24) is 9.55 Å². The summed E-state index contributed by atoms with van der Waals surface area (Å²) in [5.41, 5.74) is -1.32. The van der Waals surface area contributed by atoms with Crippen LogP contribution in [0.3, 0.4) is 0 Å². The van der Waals surface area contributed by atoms with Crippen molar-refractivity contribution in [3.63, 3.8) is 0 Å². The normalized spacial score (nSPS) is 21.9. The molecule has 4 atom stereocenters. The lowest BCUT2D eigenvalue weighted by molar-refractivity contribution is -0.166. The Labute approximate surface area is 186 Å². The van der Waals surface area contributed by atoms with E-state index in [1.165, 1.54) is 12.1 Å². The fourth-order valence-corrected chi connectivity index (χ4v) is 3.43. The smallest absolute Gasteiger partial charge is 0.330 e. The molecule has 0 saturated carbocycles. The number of aromatic nitrogens is 2. The molecule has 2 aromatic rings. The van der Waals surface area contributed by atoms with E-state index in [1.807, 2.05) is 0 Å². The molecule has 0 spiro atoms. The minimum Gasteiger partial charge on any atom is -0.463 e. The molecule has 33 heavy (non-hydrogen) atoms. The molecule has 1 aromatic heterocycles. The van der Waals surface area contributed by atoms with Gasteiger partial charge in [0.25, 0.3) is 5.56 Å². The Hall–Kier alpha value is -3.80. The predicted molar refractivity (Wildman–Crippen MR) is 108 cm³/mol. The van der Waals surface area contributed by atoms with Crippen molar-refractivity contribution in [2.45, 2.75) is 45.3 Å². The van der Waals surface area contributed by atoms with Gasteiger partial charge in [-0.15, -0.1) is 0 Å². The number of hydrogen-bond donors (Lipinski definition) is 1. The van der Waals surface area contributed by atoms with Crippen LogP contribution >= 0.6 is 0 Å². The minimum atomic E-state index is -1.35. The van der Waals surface area contributed by atoms with Crippen molar-refractivity contribution >= 4 is 17.9 Å². The molecule has 1 aromatic carbocycles. The van der Waals surface area contributed by atoms with E-state index in [0.717, 1.165) is 43.7 Å². The second kappa shape index (κ2) is 9.77. The van der Waals surface area contributed by atoms with Crippen LogP contribution in [0.5, 0.6) is 0 Å². The van der Waals surface area contributed by atoms with Crippen LogP contribution in [-0.2, 0) is 33.3 Å². The van der Waals surface area contributed by atoms with Gasteiger partial charge in [0.05, 0.1) is 5.56 Å². The van der Waals surface area contributed by atoms with Crippen molar-refractivity contribution in [3.8, 4) is 11.1 Å². The van der Waals surface area contributed by atoms with Gasteiger partial charge < -0.3 is 18.9 Å². The first kappa shape index (κ1) is 23.9. The van der Waals surface area contributed by atoms with Crippen LogP contribution in [0.15, 0.2) is 40.1 Å². The summed E-state index contributed by atoms with van der Waals surface area (Å²) in [6.45, 7) is 3.05. The number of nitrogens with zero attached hydrogens (tertiary/aromatic N) is 1. The summed E-state index contributed by atoms with van der Waals surface area (Å²) in [6.07, 6.45) is -3.79. The van der Waals surface area contributed by atoms with Gasteiger partial charge in [-0.05, 0) is 17.7 Å². The third kappa shape index (κ3) is 5.52. The molecular formula is C21H21FN2O9. The summed E-state index contributed by atoms with van der Waals surface area (Å²) in [5, 5.41) is 0. The van der Waals surface area contributed by atoms with Crippen LogP contribution in [0.2, 0.25) is 0 Å². The number of hydrogen-bond acceptors (Lipinski definition) is 9. The van der Waals surface area contributed by atoms with Gasteiger partial charge >= 0.3 is 23.6 Å². The SMILES string of the molecule is CC(=O)OC[C@H]1O[C@@H](n2cc(-c3ccc([18F])cc3)c(=O)[nH]c2=O)[C@H](OC(C)=O)[C@@H]1OC(C)=O. The third-order valence-corrected chi connectivity index (χ3v) is 4.74. The standard InChI is InChI=1S/C21H21FN2O9/c1-10(25)30-9-16-17(31-11(2)26)18(32-12(3)27)20(33-16)24-8-15(19(28)23-21(24)29)13-4-6-14(22)7-5-13/h4-8,16-18,20H,9H2,1-3H3,(H,23,28,29)/t16-,17-,18-,20-/m1/s1/i22-1. The fourth-order valence-electron chi connectivity index (χ4n) is 3.43. The summed E-state index contributed by atoms with van der Waals surface area (Å²) >= 11 is 0. The molecule has 1 aliphatic heterocycles. The van der Waals surface area contributed by atoms with Crippen LogP contribution in [0.4, 0.5) is 4.39 Å². The lowest BCUT2D eigenvalue weighted by Gasteiger charge is -2.24. The molecule has 2 heterocycles. The van der Waals surface area contributed by atoms with E-state index in [9.17, 15) is 28.4 Å². The highest BCUT2D eigenvalue weighted by atomic mass is 18.2. The maximum Gasteiger partial charge on any atom is 0.330 e. The Balaban J connectivity index is 2.08. The van der Waals surface area contributed by atoms with E-state index >= 15 is 0 Å². The molecule has 0 unspecified atom stereocenters. The van der Waals surface area contributed by atoms with E-state index < -0.39 is 59.5 Å². The highest BCUT2D eigenvalue weighted by molar-refractivity contribution is 5.68. The number of esters is 3. The monoisotopic (exact) mass is 463 g/mol. The number of aromatic amines is 1. The number of halogens is 1. The number of carbonyl (C=O) groups excluding carboxylic acids is 3. The molecule has 0 aliphatic carbocycles. The van der Waals surface area contributed by atoms with E-state index in [-0.39, 0.29) is 12.2 Å². The first-order chi connectivity index (χ1) is 15.6. The maximum absolute atomic E-state index is 13.3. The Kier molecular flexibility index (Phi) is 7.07. The quantitative estimate of drug-likeness (QED) is 0.483. The van der Waals surface area contributed by atoms with Gasteiger partial charge in [0, 0.05) is 27.0 Å². The Morgan fingerprint density at radius 2 is 1.61 bits per heavy atom. The van der Waals surface area contributed by atoms with Crippen molar-refractivity contribution in [3.05, 3.63) is 57.1 Å². The first-order valence-corrected chi connectivity index (χ1v) is 9.81. The molecule has 0 radical (unpaired) electrons. The number of ether oxygens (including phenoxy) is 4. The molecule has 0 bridgehead atoms. The van der Waals surface area contributed by atoms with Crippen LogP contribution < -0.4 is 11.2 Å². The molecule has 12 heteroatoms.